The molecule has 3 rings (SSSR count). The third kappa shape index (κ3) is 4.90. The summed E-state index contributed by atoms with van der Waals surface area (Å²) in [5.74, 6) is 0.469. The third-order valence-electron chi connectivity index (χ3n) is 4.60. The van der Waals surface area contributed by atoms with Gasteiger partial charge in [0.15, 0.2) is 0 Å². The lowest BCUT2D eigenvalue weighted by Crippen LogP contribution is -2.49. The highest BCUT2D eigenvalue weighted by Gasteiger charge is 2.19. The molecule has 0 radical (unpaired) electrons. The van der Waals surface area contributed by atoms with Gasteiger partial charge in [-0.15, -0.1) is 5.10 Å². The van der Waals surface area contributed by atoms with E-state index in [0.717, 1.165) is 37.4 Å². The van der Waals surface area contributed by atoms with Crippen LogP contribution in [0.2, 0.25) is 0 Å². The number of aryl methyl sites for hydroxylation is 2. The minimum Gasteiger partial charge on any atom is -0.474 e. The van der Waals surface area contributed by atoms with E-state index in [1.54, 1.807) is 0 Å². The van der Waals surface area contributed by atoms with Crippen LogP contribution in [-0.4, -0.2) is 65.6 Å². The first-order valence-corrected chi connectivity index (χ1v) is 8.76. The lowest BCUT2D eigenvalue weighted by molar-refractivity contribution is 0.0643. The second-order valence-corrected chi connectivity index (χ2v) is 6.54. The van der Waals surface area contributed by atoms with Crippen LogP contribution < -0.4 is 9.64 Å². The Bertz CT molecular complexity index is 672. The number of anilines is 1. The van der Waals surface area contributed by atoms with Crippen LogP contribution in [0.15, 0.2) is 36.4 Å². The molecule has 25 heavy (non-hydrogen) atoms. The summed E-state index contributed by atoms with van der Waals surface area (Å²) in [7, 11) is 0. The molecule has 1 aliphatic heterocycles. The average molecular weight is 342 g/mol. The molecule has 1 aromatic carbocycles. The minimum atomic E-state index is -0.535. The number of hydrogen-bond donors (Lipinski definition) is 1. The number of benzene rings is 1. The van der Waals surface area contributed by atoms with Crippen LogP contribution >= 0.6 is 0 Å². The van der Waals surface area contributed by atoms with Crippen molar-refractivity contribution in [1.29, 1.82) is 0 Å². The fourth-order valence-corrected chi connectivity index (χ4v) is 2.95. The monoisotopic (exact) mass is 342 g/mol. The minimum absolute atomic E-state index is 0.232. The molecule has 2 aromatic rings. The first kappa shape index (κ1) is 17.6. The van der Waals surface area contributed by atoms with Gasteiger partial charge in [0.2, 0.25) is 5.88 Å². The Morgan fingerprint density at radius 3 is 2.48 bits per heavy atom. The number of para-hydroxylation sites is 1. The number of rotatable bonds is 6. The fraction of sp³-hybridized carbons (Fsp3) is 0.474. The van der Waals surface area contributed by atoms with Gasteiger partial charge < -0.3 is 14.7 Å². The van der Waals surface area contributed by atoms with Crippen LogP contribution in [0.4, 0.5) is 5.69 Å². The number of ether oxygens (including phenoxy) is 1. The van der Waals surface area contributed by atoms with Crippen molar-refractivity contribution >= 4 is 5.69 Å². The Labute approximate surface area is 149 Å². The molecule has 1 fully saturated rings. The number of aliphatic hydroxyl groups is 1. The average Bonchev–Trinajstić information content (AvgIpc) is 2.64. The van der Waals surface area contributed by atoms with E-state index in [4.69, 9.17) is 4.74 Å². The van der Waals surface area contributed by atoms with Crippen LogP contribution in [0.1, 0.15) is 11.3 Å². The van der Waals surface area contributed by atoms with Crippen molar-refractivity contribution in [2.75, 3.05) is 44.2 Å². The molecule has 1 N–H and O–H groups in total. The summed E-state index contributed by atoms with van der Waals surface area (Å²) in [5.41, 5.74) is 3.19. The second kappa shape index (κ2) is 8.27. The number of aliphatic hydroxyl groups excluding tert-OH is 1. The van der Waals surface area contributed by atoms with Crippen molar-refractivity contribution in [2.24, 2.45) is 0 Å². The van der Waals surface area contributed by atoms with Gasteiger partial charge >= 0.3 is 0 Å². The Hall–Kier alpha value is -2.18. The molecule has 2 heterocycles. The van der Waals surface area contributed by atoms with Gasteiger partial charge in [-0.1, -0.05) is 18.2 Å². The molecule has 1 atom stereocenters. The van der Waals surface area contributed by atoms with Crippen molar-refractivity contribution in [3.05, 3.63) is 47.7 Å². The topological polar surface area (TPSA) is 61.7 Å². The molecule has 1 saturated heterocycles. The Kier molecular flexibility index (Phi) is 5.83. The molecule has 1 aliphatic rings. The van der Waals surface area contributed by atoms with Crippen molar-refractivity contribution in [1.82, 2.24) is 15.1 Å². The first-order valence-electron chi connectivity index (χ1n) is 8.76. The van der Waals surface area contributed by atoms with E-state index in [1.165, 1.54) is 5.69 Å². The van der Waals surface area contributed by atoms with Crippen LogP contribution in [-0.2, 0) is 0 Å². The summed E-state index contributed by atoms with van der Waals surface area (Å²) in [4.78, 5) is 4.66. The molecule has 0 amide bonds. The molecule has 0 aliphatic carbocycles. The Morgan fingerprint density at radius 1 is 1.08 bits per heavy atom. The van der Waals surface area contributed by atoms with Crippen LogP contribution in [0.5, 0.6) is 5.88 Å². The van der Waals surface area contributed by atoms with Gasteiger partial charge in [0.25, 0.3) is 0 Å². The van der Waals surface area contributed by atoms with Crippen molar-refractivity contribution in [2.45, 2.75) is 20.0 Å². The quantitative estimate of drug-likeness (QED) is 0.861. The van der Waals surface area contributed by atoms with Crippen molar-refractivity contribution in [3.8, 4) is 5.88 Å². The molecule has 0 saturated carbocycles. The van der Waals surface area contributed by atoms with Gasteiger partial charge in [-0.05, 0) is 31.5 Å². The zero-order valence-electron chi connectivity index (χ0n) is 14.9. The smallest absolute Gasteiger partial charge is 0.233 e. The molecule has 0 bridgehead atoms. The SMILES string of the molecule is Cc1cc(OC[C@H](O)CN2CCN(c3ccccc3)CC2)nnc1C. The maximum atomic E-state index is 10.2. The third-order valence-corrected chi connectivity index (χ3v) is 4.60. The van der Waals surface area contributed by atoms with Crippen LogP contribution in [0.25, 0.3) is 0 Å². The van der Waals surface area contributed by atoms with E-state index >= 15 is 0 Å². The zero-order valence-corrected chi connectivity index (χ0v) is 14.9. The molecule has 134 valence electrons. The lowest BCUT2D eigenvalue weighted by atomic mass is 10.2. The first-order chi connectivity index (χ1) is 12.1. The Morgan fingerprint density at radius 2 is 1.80 bits per heavy atom. The highest BCUT2D eigenvalue weighted by molar-refractivity contribution is 5.46. The molecular formula is C19H26N4O2. The summed E-state index contributed by atoms with van der Waals surface area (Å²) in [6.07, 6.45) is -0.535. The van der Waals surface area contributed by atoms with Gasteiger partial charge in [-0.2, -0.15) is 5.10 Å². The normalized spacial score (nSPS) is 16.7. The van der Waals surface area contributed by atoms with Crippen molar-refractivity contribution < 1.29 is 9.84 Å². The molecule has 0 spiro atoms. The summed E-state index contributed by atoms with van der Waals surface area (Å²) in [6.45, 7) is 8.55. The van der Waals surface area contributed by atoms with Gasteiger partial charge in [-0.3, -0.25) is 4.90 Å². The highest BCUT2D eigenvalue weighted by atomic mass is 16.5. The number of aromatic nitrogens is 2. The van der Waals surface area contributed by atoms with E-state index in [-0.39, 0.29) is 6.61 Å². The maximum absolute atomic E-state index is 10.2. The molecular weight excluding hydrogens is 316 g/mol. The van der Waals surface area contributed by atoms with Gasteiger partial charge in [0.05, 0.1) is 5.69 Å². The number of nitrogens with zero attached hydrogens (tertiary/aromatic N) is 4. The van der Waals surface area contributed by atoms with Crippen molar-refractivity contribution in [3.63, 3.8) is 0 Å². The molecule has 0 unspecified atom stereocenters. The van der Waals surface area contributed by atoms with Gasteiger partial charge in [0.1, 0.15) is 12.7 Å². The van der Waals surface area contributed by atoms with E-state index < -0.39 is 6.10 Å². The predicted octanol–water partition coefficient (Wildman–Crippen LogP) is 1.66. The summed E-state index contributed by atoms with van der Waals surface area (Å²) >= 11 is 0. The van der Waals surface area contributed by atoms with E-state index in [9.17, 15) is 5.11 Å². The highest BCUT2D eigenvalue weighted by Crippen LogP contribution is 2.16. The summed E-state index contributed by atoms with van der Waals surface area (Å²) < 4.78 is 5.57. The standard InChI is InChI=1S/C19H26N4O2/c1-15-12-19(21-20-16(15)2)25-14-18(24)13-22-8-10-23(11-9-22)17-6-4-3-5-7-17/h3-7,12,18,24H,8-11,13-14H2,1-2H3/t18-/m1/s1. The molecule has 1 aromatic heterocycles. The predicted molar refractivity (Wildman–Crippen MR) is 98.1 cm³/mol. The second-order valence-electron chi connectivity index (χ2n) is 6.54. The summed E-state index contributed by atoms with van der Waals surface area (Å²) in [6, 6.07) is 12.3. The largest absolute Gasteiger partial charge is 0.474 e. The van der Waals surface area contributed by atoms with Gasteiger partial charge in [-0.25, -0.2) is 0 Å². The molecule has 6 heteroatoms. The van der Waals surface area contributed by atoms with Crippen LogP contribution in [0.3, 0.4) is 0 Å². The van der Waals surface area contributed by atoms with E-state index in [1.807, 2.05) is 26.0 Å². The van der Waals surface area contributed by atoms with E-state index in [2.05, 4.69) is 44.3 Å². The number of hydrogen-bond acceptors (Lipinski definition) is 6. The van der Waals surface area contributed by atoms with E-state index in [0.29, 0.717) is 12.4 Å². The number of piperazine rings is 1. The fourth-order valence-electron chi connectivity index (χ4n) is 2.95. The lowest BCUT2D eigenvalue weighted by Gasteiger charge is -2.36. The zero-order chi connectivity index (χ0) is 17.6. The molecule has 6 nitrogen and oxygen atoms in total. The van der Waals surface area contributed by atoms with Crippen LogP contribution in [0, 0.1) is 13.8 Å². The van der Waals surface area contributed by atoms with Gasteiger partial charge in [0, 0.05) is 44.5 Å². The summed E-state index contributed by atoms with van der Waals surface area (Å²) in [5, 5.41) is 18.3. The Balaban J connectivity index is 1.41. The number of β-amino-alcohol motifs (C(OH)–C–C–N with tert-alkyl or cyclic N) is 1. The maximum Gasteiger partial charge on any atom is 0.233 e.